The quantitative estimate of drug-likeness (QED) is 0.223. The standard InChI is InChI=1S/C44H77FN8O2/c1-51-30-35(31-51)55-34-23-25-52(26-24-34)41-36(32-19-15-11-9-6-10-12-16-20-32)27-47-29-38(41)49-44(54)39-42(46)50-53-40(37(45)28-48-43(39)53)33-21-17-13-7-4-2-3-5-8-14-18-22-33/h32-38,40-41,47-48H,2-31H2,1H3,(H2,46,50)(H,49,54). The van der Waals surface area contributed by atoms with E-state index in [9.17, 15) is 4.79 Å². The molecule has 5 unspecified atom stereocenters. The van der Waals surface area contributed by atoms with E-state index in [0.717, 1.165) is 77.8 Å². The van der Waals surface area contributed by atoms with E-state index in [1.54, 1.807) is 4.68 Å². The van der Waals surface area contributed by atoms with Gasteiger partial charge in [-0.15, -0.1) is 0 Å². The highest BCUT2D eigenvalue weighted by Gasteiger charge is 2.45. The highest BCUT2D eigenvalue weighted by Crippen LogP contribution is 2.41. The van der Waals surface area contributed by atoms with Crippen molar-refractivity contribution in [2.45, 2.75) is 184 Å². The van der Waals surface area contributed by atoms with Crippen LogP contribution in [0, 0.1) is 17.8 Å². The lowest BCUT2D eigenvalue weighted by Crippen LogP contribution is -2.66. The van der Waals surface area contributed by atoms with Crippen molar-refractivity contribution in [2.75, 3.05) is 63.9 Å². The van der Waals surface area contributed by atoms with Crippen LogP contribution in [0.25, 0.3) is 0 Å². The number of likely N-dealkylation sites (N-methyl/N-ethyl adjacent to an activating group) is 1. The number of amides is 1. The van der Waals surface area contributed by atoms with Crippen molar-refractivity contribution in [2.24, 2.45) is 17.8 Å². The highest BCUT2D eigenvalue weighted by molar-refractivity contribution is 6.03. The molecule has 1 aromatic heterocycles. The topological polar surface area (TPSA) is 113 Å². The molecule has 5 atom stereocenters. The lowest BCUT2D eigenvalue weighted by Gasteiger charge is -2.50. The summed E-state index contributed by atoms with van der Waals surface area (Å²) < 4.78 is 24.4. The third-order valence-corrected chi connectivity index (χ3v) is 14.6. The summed E-state index contributed by atoms with van der Waals surface area (Å²) in [6.45, 7) is 6.01. The van der Waals surface area contributed by atoms with Gasteiger partial charge in [-0.3, -0.25) is 9.69 Å². The number of halogens is 1. The van der Waals surface area contributed by atoms with Crippen LogP contribution in [0.15, 0.2) is 0 Å². The summed E-state index contributed by atoms with van der Waals surface area (Å²) in [5, 5.41) is 15.4. The number of likely N-dealkylation sites (tertiary alicyclic amines) is 2. The molecule has 3 saturated heterocycles. The fourth-order valence-electron chi connectivity index (χ4n) is 11.6. The molecule has 0 spiro atoms. The third-order valence-electron chi connectivity index (χ3n) is 14.6. The van der Waals surface area contributed by atoms with E-state index < -0.39 is 12.2 Å². The van der Waals surface area contributed by atoms with E-state index in [2.05, 4.69) is 32.8 Å². The lowest BCUT2D eigenvalue weighted by atomic mass is 9.74. The molecule has 7 rings (SSSR count). The number of rotatable bonds is 7. The van der Waals surface area contributed by atoms with Crippen LogP contribution in [0.4, 0.5) is 16.0 Å². The molecule has 2 aliphatic carbocycles. The molecule has 312 valence electrons. The van der Waals surface area contributed by atoms with Gasteiger partial charge in [-0.1, -0.05) is 122 Å². The molecule has 0 bridgehead atoms. The second-order valence-electron chi connectivity index (χ2n) is 18.7. The molecule has 5 heterocycles. The maximum absolute atomic E-state index is 16.1. The van der Waals surface area contributed by atoms with Crippen molar-refractivity contribution in [1.82, 2.24) is 30.2 Å². The maximum atomic E-state index is 16.1. The monoisotopic (exact) mass is 769 g/mol. The molecule has 4 aliphatic heterocycles. The zero-order chi connectivity index (χ0) is 38.0. The highest BCUT2D eigenvalue weighted by atomic mass is 19.1. The number of piperidine rings is 2. The van der Waals surface area contributed by atoms with Gasteiger partial charge in [-0.2, -0.15) is 5.10 Å². The summed E-state index contributed by atoms with van der Waals surface area (Å²) >= 11 is 0. The van der Waals surface area contributed by atoms with Crippen LogP contribution in [0.2, 0.25) is 0 Å². The molecule has 2 saturated carbocycles. The van der Waals surface area contributed by atoms with Gasteiger partial charge in [0.05, 0.1) is 24.3 Å². The Morgan fingerprint density at radius 2 is 1.27 bits per heavy atom. The van der Waals surface area contributed by atoms with E-state index in [-0.39, 0.29) is 36.3 Å². The predicted octanol–water partition coefficient (Wildman–Crippen LogP) is 7.70. The molecule has 1 amide bonds. The Balaban J connectivity index is 1.09. The van der Waals surface area contributed by atoms with E-state index in [0.29, 0.717) is 35.4 Å². The normalized spacial score (nSPS) is 31.9. The Hall–Kier alpha value is -1.95. The van der Waals surface area contributed by atoms with E-state index >= 15 is 4.39 Å². The van der Waals surface area contributed by atoms with Crippen molar-refractivity contribution in [3.8, 4) is 0 Å². The summed E-state index contributed by atoms with van der Waals surface area (Å²) in [5.74, 6) is 1.95. The van der Waals surface area contributed by atoms with Crippen LogP contribution in [-0.2, 0) is 4.74 Å². The summed E-state index contributed by atoms with van der Waals surface area (Å²) in [5.41, 5.74) is 7.09. The first-order chi connectivity index (χ1) is 27.0. The van der Waals surface area contributed by atoms with E-state index in [4.69, 9.17) is 15.6 Å². The summed E-state index contributed by atoms with van der Waals surface area (Å²) in [6.07, 6.45) is 28.2. The van der Waals surface area contributed by atoms with Gasteiger partial charge in [0.1, 0.15) is 17.6 Å². The first-order valence-electron chi connectivity index (χ1n) is 23.3. The number of nitrogen functional groups attached to an aromatic ring is 1. The molecular formula is C44H77FN8O2. The number of aromatic nitrogens is 2. The Morgan fingerprint density at radius 1 is 0.727 bits per heavy atom. The Labute approximate surface area is 332 Å². The molecule has 5 N–H and O–H groups in total. The maximum Gasteiger partial charge on any atom is 0.259 e. The van der Waals surface area contributed by atoms with Gasteiger partial charge in [-0.25, -0.2) is 9.07 Å². The smallest absolute Gasteiger partial charge is 0.259 e. The second-order valence-corrected chi connectivity index (χ2v) is 18.7. The van der Waals surface area contributed by atoms with Gasteiger partial charge in [0.2, 0.25) is 0 Å². The number of hydrogen-bond donors (Lipinski definition) is 4. The minimum Gasteiger partial charge on any atom is -0.381 e. The minimum atomic E-state index is -1.06. The number of hydrogen-bond acceptors (Lipinski definition) is 8. The van der Waals surface area contributed by atoms with Crippen molar-refractivity contribution in [3.05, 3.63) is 5.56 Å². The van der Waals surface area contributed by atoms with Crippen molar-refractivity contribution < 1.29 is 13.9 Å². The molecule has 6 aliphatic rings. The number of nitrogens with one attached hydrogen (secondary N) is 3. The van der Waals surface area contributed by atoms with Crippen molar-refractivity contribution in [1.29, 1.82) is 0 Å². The number of alkyl halides is 1. The van der Waals surface area contributed by atoms with E-state index in [1.807, 2.05) is 0 Å². The second kappa shape index (κ2) is 20.6. The van der Waals surface area contributed by atoms with Crippen LogP contribution < -0.4 is 21.7 Å². The molecule has 5 fully saturated rings. The Kier molecular flexibility index (Phi) is 15.5. The van der Waals surface area contributed by atoms with Gasteiger partial charge >= 0.3 is 0 Å². The number of carbonyl (C=O) groups excluding carboxylic acids is 1. The lowest BCUT2D eigenvalue weighted by molar-refractivity contribution is -0.107. The predicted molar refractivity (Wildman–Crippen MR) is 221 cm³/mol. The van der Waals surface area contributed by atoms with E-state index in [1.165, 1.54) is 109 Å². The molecular weight excluding hydrogens is 692 g/mol. The Bertz CT molecular complexity index is 1290. The van der Waals surface area contributed by atoms with Crippen LogP contribution in [0.1, 0.15) is 164 Å². The average Bonchev–Trinajstić information content (AvgIpc) is 3.52. The molecule has 55 heavy (non-hydrogen) atoms. The molecule has 0 radical (unpaired) electrons. The fraction of sp³-hybridized carbons (Fsp3) is 0.909. The molecule has 10 nitrogen and oxygen atoms in total. The SMILES string of the molecule is CN1CC(OC2CCN(C3C(NC(=O)c4c(N)nn5c4NCC(F)C5C4CCCCCCCCCCCC4)CNCC3C3CCCCCCCCC3)CC2)C1. The average molecular weight is 769 g/mol. The number of nitrogens with zero attached hydrogens (tertiary/aromatic N) is 4. The largest absolute Gasteiger partial charge is 0.381 e. The van der Waals surface area contributed by atoms with Gasteiger partial charge in [0.15, 0.2) is 5.82 Å². The molecule has 1 aromatic rings. The molecule has 0 aromatic carbocycles. The minimum absolute atomic E-state index is 0.0574. The first kappa shape index (κ1) is 41.2. The van der Waals surface area contributed by atoms with Crippen molar-refractivity contribution >= 4 is 17.5 Å². The van der Waals surface area contributed by atoms with Gasteiger partial charge in [0, 0.05) is 45.3 Å². The van der Waals surface area contributed by atoms with Gasteiger partial charge in [0.25, 0.3) is 5.91 Å². The first-order valence-corrected chi connectivity index (χ1v) is 23.3. The summed E-state index contributed by atoms with van der Waals surface area (Å²) in [4.78, 5) is 19.6. The van der Waals surface area contributed by atoms with Crippen molar-refractivity contribution in [3.63, 3.8) is 0 Å². The van der Waals surface area contributed by atoms with Gasteiger partial charge in [-0.05, 0) is 57.0 Å². The third kappa shape index (κ3) is 10.8. The zero-order valence-corrected chi connectivity index (χ0v) is 34.5. The molecule has 11 heteroatoms. The summed E-state index contributed by atoms with van der Waals surface area (Å²) in [6, 6.07) is -0.203. The van der Waals surface area contributed by atoms with Crippen LogP contribution >= 0.6 is 0 Å². The zero-order valence-electron chi connectivity index (χ0n) is 34.5. The van der Waals surface area contributed by atoms with Gasteiger partial charge < -0.3 is 31.3 Å². The number of ether oxygens (including phenoxy) is 1. The summed E-state index contributed by atoms with van der Waals surface area (Å²) in [7, 11) is 2.16. The number of nitrogens with two attached hydrogens (primary N) is 1. The fourth-order valence-corrected chi connectivity index (χ4v) is 11.6. The number of carbonyl (C=O) groups is 1. The van der Waals surface area contributed by atoms with Crippen LogP contribution in [0.5, 0.6) is 0 Å². The Morgan fingerprint density at radius 3 is 1.84 bits per heavy atom. The number of anilines is 2. The van der Waals surface area contributed by atoms with Crippen LogP contribution in [0.3, 0.4) is 0 Å². The van der Waals surface area contributed by atoms with Crippen LogP contribution in [-0.4, -0.2) is 109 Å². The number of fused-ring (bicyclic) bond motifs is 1.